The van der Waals surface area contributed by atoms with Crippen LogP contribution in [-0.4, -0.2) is 0 Å². The topological polar surface area (TPSA) is 0 Å². The molecule has 0 bridgehead atoms. The van der Waals surface area contributed by atoms with Crippen LogP contribution in [0.2, 0.25) is 0 Å². The minimum absolute atomic E-state index is 0.472. The number of hydrogen-bond donors (Lipinski definition) is 0. The average Bonchev–Trinajstić information content (AvgIpc) is 2.08. The van der Waals surface area contributed by atoms with Gasteiger partial charge in [-0.15, -0.1) is 0 Å². The molecule has 0 N–H and O–H groups in total. The van der Waals surface area contributed by atoms with Crippen molar-refractivity contribution < 1.29 is 0 Å². The summed E-state index contributed by atoms with van der Waals surface area (Å²) in [6.07, 6.45) is 0. The molecule has 70 valence electrons. The normalized spacial score (nSPS) is 12.6. The molecule has 0 heterocycles. The Morgan fingerprint density at radius 3 is 2.46 bits per heavy atom. The van der Waals surface area contributed by atoms with E-state index >= 15 is 0 Å². The Hall–Kier alpha value is -1.04. The third-order valence-corrected chi connectivity index (χ3v) is 2.85. The lowest BCUT2D eigenvalue weighted by Crippen LogP contribution is -1.98. The molecule has 13 heavy (non-hydrogen) atoms. The molecule has 0 amide bonds. The zero-order valence-corrected chi connectivity index (χ0v) is 9.02. The quantitative estimate of drug-likeness (QED) is 0.595. The molecular formula is C13H18. The molecular weight excluding hydrogens is 156 g/mol. The van der Waals surface area contributed by atoms with E-state index in [1.807, 2.05) is 0 Å². The van der Waals surface area contributed by atoms with E-state index in [0.29, 0.717) is 5.92 Å². The van der Waals surface area contributed by atoms with Crippen molar-refractivity contribution in [1.29, 1.82) is 0 Å². The van der Waals surface area contributed by atoms with E-state index < -0.39 is 0 Å². The van der Waals surface area contributed by atoms with Crippen LogP contribution in [-0.2, 0) is 0 Å². The smallest absolute Gasteiger partial charge is 0.00170 e. The van der Waals surface area contributed by atoms with Crippen molar-refractivity contribution in [3.8, 4) is 0 Å². The minimum atomic E-state index is 0.472. The van der Waals surface area contributed by atoms with Crippen molar-refractivity contribution >= 4 is 0 Å². The van der Waals surface area contributed by atoms with Crippen molar-refractivity contribution in [2.45, 2.75) is 33.6 Å². The molecule has 1 rings (SSSR count). The highest BCUT2D eigenvalue weighted by Gasteiger charge is 2.09. The van der Waals surface area contributed by atoms with Gasteiger partial charge in [0, 0.05) is 5.92 Å². The van der Waals surface area contributed by atoms with Crippen LogP contribution in [0.1, 0.15) is 36.5 Å². The van der Waals surface area contributed by atoms with Crippen LogP contribution in [0.25, 0.3) is 0 Å². The Morgan fingerprint density at radius 2 is 1.92 bits per heavy atom. The van der Waals surface area contributed by atoms with Gasteiger partial charge in [-0.05, 0) is 37.5 Å². The summed E-state index contributed by atoms with van der Waals surface area (Å²) in [6, 6.07) is 6.47. The molecule has 0 saturated heterocycles. The lowest BCUT2D eigenvalue weighted by molar-refractivity contribution is 0.885. The Morgan fingerprint density at radius 1 is 1.31 bits per heavy atom. The second kappa shape index (κ2) is 3.78. The monoisotopic (exact) mass is 174 g/mol. The summed E-state index contributed by atoms with van der Waals surface area (Å²) < 4.78 is 0. The first-order valence-electron chi connectivity index (χ1n) is 4.75. The third kappa shape index (κ3) is 2.00. The van der Waals surface area contributed by atoms with Crippen LogP contribution in [0.4, 0.5) is 0 Å². The van der Waals surface area contributed by atoms with E-state index in [1.165, 1.54) is 22.3 Å². The number of rotatable bonds is 2. The first kappa shape index (κ1) is 10.0. The largest absolute Gasteiger partial charge is 0.0995 e. The molecule has 0 radical (unpaired) electrons. The van der Waals surface area contributed by atoms with E-state index in [1.54, 1.807) is 0 Å². The highest BCUT2D eigenvalue weighted by atomic mass is 14.1. The molecule has 0 heteroatoms. The summed E-state index contributed by atoms with van der Waals surface area (Å²) in [6.45, 7) is 12.6. The Balaban J connectivity index is 3.15. The summed E-state index contributed by atoms with van der Waals surface area (Å²) in [4.78, 5) is 0. The van der Waals surface area contributed by atoms with E-state index in [-0.39, 0.29) is 0 Å². The maximum absolute atomic E-state index is 4.00. The van der Waals surface area contributed by atoms with Crippen molar-refractivity contribution in [1.82, 2.24) is 0 Å². The van der Waals surface area contributed by atoms with Crippen LogP contribution in [0.15, 0.2) is 30.4 Å². The Labute approximate surface area is 81.3 Å². The fourth-order valence-electron chi connectivity index (χ4n) is 1.51. The third-order valence-electron chi connectivity index (χ3n) is 2.85. The van der Waals surface area contributed by atoms with Gasteiger partial charge in [-0.1, -0.05) is 37.3 Å². The second-order valence-corrected chi connectivity index (χ2v) is 3.86. The summed E-state index contributed by atoms with van der Waals surface area (Å²) in [5.74, 6) is 0.472. The summed E-state index contributed by atoms with van der Waals surface area (Å²) in [5, 5.41) is 0. The molecule has 0 aromatic heterocycles. The van der Waals surface area contributed by atoms with Gasteiger partial charge in [0.15, 0.2) is 0 Å². The number of hydrogen-bond acceptors (Lipinski definition) is 0. The van der Waals surface area contributed by atoms with Crippen LogP contribution in [0.5, 0.6) is 0 Å². The molecule has 0 fully saturated rings. The fourth-order valence-corrected chi connectivity index (χ4v) is 1.51. The number of aryl methyl sites for hydroxylation is 1. The van der Waals surface area contributed by atoms with E-state index in [0.717, 1.165) is 0 Å². The van der Waals surface area contributed by atoms with Crippen LogP contribution in [0, 0.1) is 13.8 Å². The molecule has 1 aromatic carbocycles. The van der Waals surface area contributed by atoms with Gasteiger partial charge < -0.3 is 0 Å². The maximum atomic E-state index is 4.00. The average molecular weight is 174 g/mol. The molecule has 0 aliphatic heterocycles. The van der Waals surface area contributed by atoms with Crippen LogP contribution < -0.4 is 0 Å². The summed E-state index contributed by atoms with van der Waals surface area (Å²) >= 11 is 0. The van der Waals surface area contributed by atoms with E-state index in [2.05, 4.69) is 52.5 Å². The van der Waals surface area contributed by atoms with Crippen molar-refractivity contribution in [3.05, 3.63) is 47.0 Å². The lowest BCUT2D eigenvalue weighted by atomic mass is 9.90. The summed E-state index contributed by atoms with van der Waals surface area (Å²) in [7, 11) is 0. The van der Waals surface area contributed by atoms with Gasteiger partial charge in [-0.2, -0.15) is 0 Å². The van der Waals surface area contributed by atoms with Gasteiger partial charge in [0.25, 0.3) is 0 Å². The Bertz CT molecular complexity index is 321. The zero-order valence-electron chi connectivity index (χ0n) is 9.02. The maximum Gasteiger partial charge on any atom is 0.00170 e. The van der Waals surface area contributed by atoms with Gasteiger partial charge in [0.2, 0.25) is 0 Å². The van der Waals surface area contributed by atoms with Gasteiger partial charge >= 0.3 is 0 Å². The lowest BCUT2D eigenvalue weighted by Gasteiger charge is -2.15. The molecule has 1 unspecified atom stereocenters. The van der Waals surface area contributed by atoms with E-state index in [4.69, 9.17) is 0 Å². The molecule has 0 nitrogen and oxygen atoms in total. The first-order chi connectivity index (χ1) is 6.04. The van der Waals surface area contributed by atoms with Crippen molar-refractivity contribution in [2.24, 2.45) is 0 Å². The molecule has 0 aliphatic rings. The standard InChI is InChI=1S/C13H18/c1-9(2)11(4)13-8-6-7-10(3)12(13)5/h6-8,11H,1H2,2-5H3. The molecule has 1 aromatic rings. The predicted molar refractivity (Wildman–Crippen MR) is 59.1 cm³/mol. The summed E-state index contributed by atoms with van der Waals surface area (Å²) in [5.41, 5.74) is 5.41. The van der Waals surface area contributed by atoms with Crippen molar-refractivity contribution in [3.63, 3.8) is 0 Å². The second-order valence-electron chi connectivity index (χ2n) is 3.86. The predicted octanol–water partition coefficient (Wildman–Crippen LogP) is 3.98. The van der Waals surface area contributed by atoms with Gasteiger partial charge in [-0.25, -0.2) is 0 Å². The molecule has 0 aliphatic carbocycles. The van der Waals surface area contributed by atoms with Crippen LogP contribution in [0.3, 0.4) is 0 Å². The molecule has 0 saturated carbocycles. The van der Waals surface area contributed by atoms with E-state index in [9.17, 15) is 0 Å². The zero-order chi connectivity index (χ0) is 10.0. The molecule has 0 spiro atoms. The van der Waals surface area contributed by atoms with Gasteiger partial charge in [0.1, 0.15) is 0 Å². The fraction of sp³-hybridized carbons (Fsp3) is 0.385. The number of benzene rings is 1. The molecule has 1 atom stereocenters. The van der Waals surface area contributed by atoms with Gasteiger partial charge in [0.05, 0.1) is 0 Å². The van der Waals surface area contributed by atoms with Crippen LogP contribution >= 0.6 is 0 Å². The van der Waals surface area contributed by atoms with Gasteiger partial charge in [-0.3, -0.25) is 0 Å². The first-order valence-corrected chi connectivity index (χ1v) is 4.75. The SMILES string of the molecule is C=C(C)C(C)c1cccc(C)c1C. The van der Waals surface area contributed by atoms with Crippen molar-refractivity contribution in [2.75, 3.05) is 0 Å². The highest BCUT2D eigenvalue weighted by Crippen LogP contribution is 2.26. The minimum Gasteiger partial charge on any atom is -0.0995 e. The highest BCUT2D eigenvalue weighted by molar-refractivity contribution is 5.38. The number of allylic oxidation sites excluding steroid dienone is 1. The Kier molecular flexibility index (Phi) is 2.92.